The van der Waals surface area contributed by atoms with E-state index in [1.54, 1.807) is 24.4 Å². The molecule has 0 unspecified atom stereocenters. The summed E-state index contributed by atoms with van der Waals surface area (Å²) in [5, 5.41) is 1.26. The third-order valence-corrected chi connectivity index (χ3v) is 7.53. The Morgan fingerprint density at radius 2 is 1.86 bits per heavy atom. The van der Waals surface area contributed by atoms with Gasteiger partial charge in [0, 0.05) is 35.2 Å². The molecular weight excluding hydrogens is 464 g/mol. The average molecular weight is 484 g/mol. The monoisotopic (exact) mass is 482 g/mol. The van der Waals surface area contributed by atoms with Crippen LogP contribution in [-0.4, -0.2) is 43.5 Å². The Bertz CT molecular complexity index is 1120. The van der Waals surface area contributed by atoms with E-state index in [9.17, 15) is 8.42 Å². The first-order valence-electron chi connectivity index (χ1n) is 9.01. The Kier molecular flexibility index (Phi) is 5.44. The number of halogens is 2. The molecule has 0 spiro atoms. The molecule has 0 atom stereocenters. The normalized spacial score (nSPS) is 16.5. The van der Waals surface area contributed by atoms with Crippen LogP contribution in [-0.2, 0) is 10.0 Å². The molecule has 148 valence electrons. The highest BCUT2D eigenvalue weighted by Gasteiger charge is 2.23. The smallest absolute Gasteiger partial charge is 0.268 e. The fourth-order valence-electron chi connectivity index (χ4n) is 3.43. The van der Waals surface area contributed by atoms with Crippen molar-refractivity contribution < 1.29 is 13.2 Å². The van der Waals surface area contributed by atoms with Crippen LogP contribution in [0.2, 0.25) is 5.02 Å². The molecule has 28 heavy (non-hydrogen) atoms. The Hall–Kier alpha value is -1.54. The van der Waals surface area contributed by atoms with Crippen molar-refractivity contribution in [3.63, 3.8) is 0 Å². The van der Waals surface area contributed by atoms with Gasteiger partial charge in [-0.25, -0.2) is 12.4 Å². The molecule has 0 aliphatic carbocycles. The van der Waals surface area contributed by atoms with Gasteiger partial charge in [0.25, 0.3) is 10.0 Å². The molecule has 1 saturated heterocycles. The molecular formula is C20H20BrClN2O3S. The zero-order valence-electron chi connectivity index (χ0n) is 15.3. The molecule has 0 saturated carbocycles. The number of ether oxygens (including phenoxy) is 1. The maximum Gasteiger partial charge on any atom is 0.268 e. The van der Waals surface area contributed by atoms with Crippen molar-refractivity contribution in [2.75, 3.05) is 20.1 Å². The average Bonchev–Trinajstić information content (AvgIpc) is 3.09. The van der Waals surface area contributed by atoms with Gasteiger partial charge in [-0.15, -0.1) is 0 Å². The van der Waals surface area contributed by atoms with Crippen molar-refractivity contribution in [1.29, 1.82) is 0 Å². The minimum atomic E-state index is -3.77. The van der Waals surface area contributed by atoms with Gasteiger partial charge in [0.15, 0.2) is 0 Å². The van der Waals surface area contributed by atoms with Gasteiger partial charge in [-0.05, 0) is 56.3 Å². The van der Waals surface area contributed by atoms with Crippen molar-refractivity contribution in [1.82, 2.24) is 8.87 Å². The number of hydrogen-bond acceptors (Lipinski definition) is 4. The van der Waals surface area contributed by atoms with Crippen molar-refractivity contribution in [3.05, 3.63) is 58.2 Å². The predicted octanol–water partition coefficient (Wildman–Crippen LogP) is 4.77. The second-order valence-electron chi connectivity index (χ2n) is 7.03. The van der Waals surface area contributed by atoms with E-state index in [0.29, 0.717) is 16.3 Å². The third-order valence-electron chi connectivity index (χ3n) is 5.04. The second-order valence-corrected chi connectivity index (χ2v) is 10.2. The number of fused-ring (bicyclic) bond motifs is 1. The number of benzene rings is 2. The van der Waals surface area contributed by atoms with Gasteiger partial charge in [-0.3, -0.25) is 0 Å². The summed E-state index contributed by atoms with van der Waals surface area (Å²) in [4.78, 5) is 2.40. The fourth-order valence-corrected chi connectivity index (χ4v) is 5.34. The molecule has 4 rings (SSSR count). The van der Waals surface area contributed by atoms with Gasteiger partial charge in [0.05, 0.1) is 15.4 Å². The molecule has 0 bridgehead atoms. The van der Waals surface area contributed by atoms with Crippen LogP contribution in [0.5, 0.6) is 5.75 Å². The van der Waals surface area contributed by atoms with Gasteiger partial charge in [0.1, 0.15) is 11.9 Å². The summed E-state index contributed by atoms with van der Waals surface area (Å²) in [5.74, 6) is 0.413. The van der Waals surface area contributed by atoms with E-state index in [1.165, 1.54) is 16.1 Å². The first-order chi connectivity index (χ1) is 13.3. The largest absolute Gasteiger partial charge is 0.489 e. The lowest BCUT2D eigenvalue weighted by atomic mass is 10.1. The molecule has 1 aliphatic heterocycles. The quantitative estimate of drug-likeness (QED) is 0.536. The Morgan fingerprint density at radius 1 is 1.11 bits per heavy atom. The minimum absolute atomic E-state index is 0.0383. The summed E-state index contributed by atoms with van der Waals surface area (Å²) in [6, 6.07) is 11.9. The SMILES string of the molecule is CN1CCC(Oc2cc(S(=O)(=O)n3ccc4cc(Br)ccc43)ccc2Cl)CC1. The van der Waals surface area contributed by atoms with Gasteiger partial charge < -0.3 is 9.64 Å². The number of rotatable bonds is 4. The maximum atomic E-state index is 13.2. The number of nitrogens with zero attached hydrogens (tertiary/aromatic N) is 2. The Morgan fingerprint density at radius 3 is 2.61 bits per heavy atom. The zero-order chi connectivity index (χ0) is 19.9. The van der Waals surface area contributed by atoms with Gasteiger partial charge >= 0.3 is 0 Å². The maximum absolute atomic E-state index is 13.2. The van der Waals surface area contributed by atoms with E-state index >= 15 is 0 Å². The van der Waals surface area contributed by atoms with Crippen LogP contribution in [0.1, 0.15) is 12.8 Å². The van der Waals surface area contributed by atoms with E-state index in [-0.39, 0.29) is 11.0 Å². The number of aromatic nitrogens is 1. The van der Waals surface area contributed by atoms with E-state index in [1.807, 2.05) is 12.1 Å². The first kappa shape index (κ1) is 19.8. The van der Waals surface area contributed by atoms with Crippen LogP contribution >= 0.6 is 27.5 Å². The van der Waals surface area contributed by atoms with Crippen molar-refractivity contribution in [3.8, 4) is 5.75 Å². The van der Waals surface area contributed by atoms with E-state index in [4.69, 9.17) is 16.3 Å². The fraction of sp³-hybridized carbons (Fsp3) is 0.300. The van der Waals surface area contributed by atoms with E-state index in [0.717, 1.165) is 35.8 Å². The molecule has 2 aromatic carbocycles. The highest BCUT2D eigenvalue weighted by molar-refractivity contribution is 9.10. The molecule has 1 aliphatic rings. The highest BCUT2D eigenvalue weighted by atomic mass is 79.9. The summed E-state index contributed by atoms with van der Waals surface area (Å²) in [6.45, 7) is 1.90. The lowest BCUT2D eigenvalue weighted by Gasteiger charge is -2.29. The summed E-state index contributed by atoms with van der Waals surface area (Å²) in [7, 11) is -1.69. The van der Waals surface area contributed by atoms with Gasteiger partial charge in [-0.2, -0.15) is 0 Å². The number of piperidine rings is 1. The third kappa shape index (κ3) is 3.81. The Balaban J connectivity index is 1.68. The topological polar surface area (TPSA) is 51.5 Å². The van der Waals surface area contributed by atoms with E-state index < -0.39 is 10.0 Å². The van der Waals surface area contributed by atoms with Crippen LogP contribution in [0.25, 0.3) is 10.9 Å². The molecule has 0 N–H and O–H groups in total. The zero-order valence-corrected chi connectivity index (χ0v) is 18.5. The lowest BCUT2D eigenvalue weighted by molar-refractivity contribution is 0.114. The van der Waals surface area contributed by atoms with Crippen LogP contribution < -0.4 is 4.74 Å². The first-order valence-corrected chi connectivity index (χ1v) is 11.6. The highest BCUT2D eigenvalue weighted by Crippen LogP contribution is 2.32. The summed E-state index contributed by atoms with van der Waals surface area (Å²) in [6.07, 6.45) is 3.39. The van der Waals surface area contributed by atoms with Crippen LogP contribution in [0.3, 0.4) is 0 Å². The van der Waals surface area contributed by atoms with Gasteiger partial charge in [-0.1, -0.05) is 27.5 Å². The van der Waals surface area contributed by atoms with Crippen molar-refractivity contribution in [2.24, 2.45) is 0 Å². The van der Waals surface area contributed by atoms with Crippen LogP contribution in [0, 0.1) is 0 Å². The van der Waals surface area contributed by atoms with Crippen LogP contribution in [0.15, 0.2) is 58.0 Å². The molecule has 3 aromatic rings. The van der Waals surface area contributed by atoms with Crippen LogP contribution in [0.4, 0.5) is 0 Å². The number of hydrogen-bond donors (Lipinski definition) is 0. The predicted molar refractivity (Wildman–Crippen MR) is 115 cm³/mol. The molecule has 1 fully saturated rings. The molecule has 0 amide bonds. The summed E-state index contributed by atoms with van der Waals surface area (Å²) >= 11 is 9.70. The van der Waals surface area contributed by atoms with Gasteiger partial charge in [0.2, 0.25) is 0 Å². The molecule has 2 heterocycles. The standard InChI is InChI=1S/C20H20BrClN2O3S/c1-23-9-7-16(8-10-23)27-20-13-17(3-4-18(20)22)28(25,26)24-11-6-14-12-15(21)2-5-19(14)24/h2-6,11-13,16H,7-10H2,1H3. The molecule has 8 heteroatoms. The summed E-state index contributed by atoms with van der Waals surface area (Å²) in [5.41, 5.74) is 0.621. The lowest BCUT2D eigenvalue weighted by Crippen LogP contribution is -2.35. The van der Waals surface area contributed by atoms with Crippen molar-refractivity contribution >= 4 is 48.5 Å². The Labute approximate surface area is 178 Å². The number of likely N-dealkylation sites (tertiary alicyclic amines) is 1. The molecule has 5 nitrogen and oxygen atoms in total. The molecule has 1 aromatic heterocycles. The van der Waals surface area contributed by atoms with Crippen molar-refractivity contribution in [2.45, 2.75) is 23.8 Å². The minimum Gasteiger partial charge on any atom is -0.489 e. The summed E-state index contributed by atoms with van der Waals surface area (Å²) < 4.78 is 34.7. The second kappa shape index (κ2) is 7.71. The molecule has 0 radical (unpaired) electrons. The van der Waals surface area contributed by atoms with E-state index in [2.05, 4.69) is 27.9 Å².